The normalized spacial score (nSPS) is 16.9. The van der Waals surface area contributed by atoms with E-state index in [4.69, 9.17) is 0 Å². The Morgan fingerprint density at radius 3 is 1.64 bits per heavy atom. The second kappa shape index (κ2) is 11.7. The molecule has 2 amide bonds. The van der Waals surface area contributed by atoms with E-state index in [2.05, 4.69) is 6.58 Å². The Balaban J connectivity index is 1.70. The van der Waals surface area contributed by atoms with Crippen molar-refractivity contribution in [2.24, 2.45) is 5.92 Å². The van der Waals surface area contributed by atoms with Gasteiger partial charge >= 0.3 is 0 Å². The fourth-order valence-corrected chi connectivity index (χ4v) is 5.93. The van der Waals surface area contributed by atoms with E-state index >= 15 is 0 Å². The summed E-state index contributed by atoms with van der Waals surface area (Å²) in [6.45, 7) is 8.65. The topological polar surface area (TPSA) is 131 Å². The summed E-state index contributed by atoms with van der Waals surface area (Å²) in [7, 11) is 0. The van der Waals surface area contributed by atoms with Crippen molar-refractivity contribution in [1.82, 2.24) is 9.13 Å². The number of aromatic hydroxyl groups is 4. The minimum absolute atomic E-state index is 0.0907. The fourth-order valence-electron chi connectivity index (χ4n) is 5.93. The first kappa shape index (κ1) is 28.4. The third-order valence-corrected chi connectivity index (χ3v) is 8.05. The summed E-state index contributed by atoms with van der Waals surface area (Å²) in [5.74, 6) is -2.17. The van der Waals surface area contributed by atoms with E-state index in [1.165, 1.54) is 17.0 Å². The number of nitrogens with zero attached hydrogens (tertiary/aromatic N) is 4. The van der Waals surface area contributed by atoms with E-state index in [0.29, 0.717) is 5.57 Å². The van der Waals surface area contributed by atoms with Gasteiger partial charge in [-0.2, -0.15) is 0 Å². The van der Waals surface area contributed by atoms with Crippen LogP contribution in [0.2, 0.25) is 0 Å². The summed E-state index contributed by atoms with van der Waals surface area (Å²) < 4.78 is 2.23. The van der Waals surface area contributed by atoms with Gasteiger partial charge < -0.3 is 30.2 Å². The minimum atomic E-state index is -0.371. The van der Waals surface area contributed by atoms with Crippen LogP contribution in [-0.2, 0) is 16.3 Å². The molecular weight excluding hydrogens is 500 g/mol. The average molecular weight is 543 g/mol. The molecule has 214 valence electrons. The summed E-state index contributed by atoms with van der Waals surface area (Å²) in [5.41, 5.74) is 0.665. The largest absolute Gasteiger partial charge is 0.494 e. The number of carbonyl (C=O) groups excluding carboxylic acids is 2. The van der Waals surface area contributed by atoms with Crippen molar-refractivity contribution < 1.29 is 30.0 Å². The molecule has 0 bridgehead atoms. The molecule has 2 saturated carbocycles. The lowest BCUT2D eigenvalue weighted by Gasteiger charge is -2.35. The van der Waals surface area contributed by atoms with Crippen LogP contribution >= 0.6 is 0 Å². The Morgan fingerprint density at radius 1 is 0.821 bits per heavy atom. The second-order valence-electron chi connectivity index (χ2n) is 11.3. The van der Waals surface area contributed by atoms with Crippen molar-refractivity contribution in [3.05, 3.63) is 24.3 Å². The van der Waals surface area contributed by atoms with Crippen LogP contribution < -0.4 is 9.80 Å². The lowest BCUT2D eigenvalue weighted by Crippen LogP contribution is -2.43. The maximum absolute atomic E-state index is 13.2. The molecule has 4 rings (SSSR count). The van der Waals surface area contributed by atoms with Crippen molar-refractivity contribution in [3.8, 4) is 23.5 Å². The molecule has 2 aliphatic carbocycles. The highest BCUT2D eigenvalue weighted by Crippen LogP contribution is 2.43. The predicted octanol–water partition coefficient (Wildman–Crippen LogP) is 5.18. The maximum atomic E-state index is 13.2. The highest BCUT2D eigenvalue weighted by molar-refractivity contribution is 6.06. The molecule has 2 aromatic rings. The van der Waals surface area contributed by atoms with Crippen molar-refractivity contribution in [3.63, 3.8) is 0 Å². The first-order valence-corrected chi connectivity index (χ1v) is 14.1. The molecule has 0 aromatic carbocycles. The number of hydrogen-bond donors (Lipinski definition) is 4. The van der Waals surface area contributed by atoms with Gasteiger partial charge in [-0.3, -0.25) is 18.7 Å². The summed E-state index contributed by atoms with van der Waals surface area (Å²) >= 11 is 0. The number of rotatable bonds is 8. The Labute approximate surface area is 229 Å². The maximum Gasteiger partial charge on any atom is 0.253 e. The molecule has 2 aromatic heterocycles. The van der Waals surface area contributed by atoms with Crippen LogP contribution in [0.3, 0.4) is 0 Å². The van der Waals surface area contributed by atoms with Crippen LogP contribution in [0.25, 0.3) is 0 Å². The average Bonchev–Trinajstić information content (AvgIpc) is 3.35. The third kappa shape index (κ3) is 5.60. The van der Waals surface area contributed by atoms with E-state index in [-0.39, 0.29) is 71.4 Å². The Kier molecular flexibility index (Phi) is 8.51. The van der Waals surface area contributed by atoms with Crippen molar-refractivity contribution in [1.29, 1.82) is 0 Å². The van der Waals surface area contributed by atoms with E-state index in [0.717, 1.165) is 73.3 Å². The molecule has 0 atom stereocenters. The SMILES string of the molecule is C=C(C)C(=O)N(c1cc(O)n(Cn2c(O)cc(N(C(=O)C(C)C)C3CCCCC3)c2O)c1O)C1CCCCC1. The summed E-state index contributed by atoms with van der Waals surface area (Å²) in [6.07, 6.45) is 9.20. The van der Waals surface area contributed by atoms with Crippen LogP contribution in [0.1, 0.15) is 85.0 Å². The highest BCUT2D eigenvalue weighted by atomic mass is 16.3. The van der Waals surface area contributed by atoms with E-state index in [1.54, 1.807) is 25.7 Å². The first-order chi connectivity index (χ1) is 18.5. The van der Waals surface area contributed by atoms with Gasteiger partial charge in [-0.1, -0.05) is 59.0 Å². The van der Waals surface area contributed by atoms with Gasteiger partial charge in [0.1, 0.15) is 18.0 Å². The zero-order chi connectivity index (χ0) is 28.4. The van der Waals surface area contributed by atoms with Crippen LogP contribution in [0.4, 0.5) is 11.4 Å². The minimum Gasteiger partial charge on any atom is -0.494 e. The molecule has 39 heavy (non-hydrogen) atoms. The molecule has 2 aliphatic rings. The molecule has 0 radical (unpaired) electrons. The van der Waals surface area contributed by atoms with Gasteiger partial charge in [-0.05, 0) is 32.6 Å². The zero-order valence-corrected chi connectivity index (χ0v) is 23.3. The zero-order valence-electron chi connectivity index (χ0n) is 23.3. The number of carbonyl (C=O) groups is 2. The lowest BCUT2D eigenvalue weighted by atomic mass is 9.93. The van der Waals surface area contributed by atoms with Gasteiger partial charge in [0.2, 0.25) is 17.7 Å². The predicted molar refractivity (Wildman–Crippen MR) is 149 cm³/mol. The Morgan fingerprint density at radius 2 is 1.23 bits per heavy atom. The summed E-state index contributed by atoms with van der Waals surface area (Å²) in [4.78, 5) is 29.4. The smallest absolute Gasteiger partial charge is 0.253 e. The van der Waals surface area contributed by atoms with E-state index < -0.39 is 0 Å². The molecule has 0 saturated heterocycles. The molecule has 2 heterocycles. The van der Waals surface area contributed by atoms with Gasteiger partial charge in [0.15, 0.2) is 11.8 Å². The van der Waals surface area contributed by atoms with Crippen LogP contribution in [0.15, 0.2) is 24.3 Å². The van der Waals surface area contributed by atoms with Gasteiger partial charge in [-0.25, -0.2) is 0 Å². The molecule has 10 nitrogen and oxygen atoms in total. The van der Waals surface area contributed by atoms with Gasteiger partial charge in [0.25, 0.3) is 5.91 Å². The summed E-state index contributed by atoms with van der Waals surface area (Å²) in [6, 6.07) is 2.43. The van der Waals surface area contributed by atoms with E-state index in [1.807, 2.05) is 0 Å². The molecule has 2 fully saturated rings. The quantitative estimate of drug-likeness (QED) is 0.340. The van der Waals surface area contributed by atoms with Crippen LogP contribution in [0.5, 0.6) is 23.5 Å². The number of anilines is 2. The van der Waals surface area contributed by atoms with Crippen LogP contribution in [0, 0.1) is 5.92 Å². The molecule has 0 aliphatic heterocycles. The molecule has 10 heteroatoms. The highest BCUT2D eigenvalue weighted by Gasteiger charge is 2.34. The Hall–Kier alpha value is -3.56. The monoisotopic (exact) mass is 542 g/mol. The number of hydrogen-bond acceptors (Lipinski definition) is 6. The van der Waals surface area contributed by atoms with Crippen molar-refractivity contribution in [2.75, 3.05) is 9.80 Å². The van der Waals surface area contributed by atoms with Crippen molar-refractivity contribution >= 4 is 23.2 Å². The Bertz CT molecular complexity index is 1220. The molecule has 0 unspecified atom stereocenters. The molecule has 0 spiro atoms. The van der Waals surface area contributed by atoms with Crippen molar-refractivity contribution in [2.45, 2.75) is 104 Å². The standard InChI is InChI=1S/C29H42N4O6/c1-18(2)26(36)32(20-11-7-5-8-12-20)22-15-24(34)30(28(22)38)17-31-25(35)16-23(29(31)39)33(27(37)19(3)4)21-13-9-6-10-14-21/h15-16,19-21,34-35,38-39H,1,5-14,17H2,2-4H3. The number of amides is 2. The summed E-state index contributed by atoms with van der Waals surface area (Å²) in [5, 5.41) is 44.0. The third-order valence-electron chi connectivity index (χ3n) is 8.05. The van der Waals surface area contributed by atoms with Crippen LogP contribution in [-0.4, -0.2) is 53.5 Å². The number of aromatic nitrogens is 2. The molecular formula is C29H42N4O6. The van der Waals surface area contributed by atoms with Gasteiger partial charge in [0.05, 0.1) is 0 Å². The van der Waals surface area contributed by atoms with Gasteiger partial charge in [-0.15, -0.1) is 0 Å². The fraction of sp³-hybridized carbons (Fsp3) is 0.586. The van der Waals surface area contributed by atoms with Gasteiger partial charge in [0, 0.05) is 35.7 Å². The lowest BCUT2D eigenvalue weighted by molar-refractivity contribution is -0.122. The van der Waals surface area contributed by atoms with E-state index in [9.17, 15) is 30.0 Å². The first-order valence-electron chi connectivity index (χ1n) is 14.1. The second-order valence-corrected chi connectivity index (χ2v) is 11.3. The molecule has 4 N–H and O–H groups in total.